The monoisotopic (exact) mass is 290 g/mol. The van der Waals surface area contributed by atoms with Crippen molar-refractivity contribution in [3.63, 3.8) is 0 Å². The van der Waals surface area contributed by atoms with E-state index in [2.05, 4.69) is 13.8 Å². The van der Waals surface area contributed by atoms with Gasteiger partial charge < -0.3 is 9.84 Å². The van der Waals surface area contributed by atoms with Crippen LogP contribution >= 0.6 is 0 Å². The van der Waals surface area contributed by atoms with E-state index in [0.717, 1.165) is 30.6 Å². The highest BCUT2D eigenvalue weighted by Gasteiger charge is 2.30. The third-order valence-electron chi connectivity index (χ3n) is 4.63. The second-order valence-corrected chi connectivity index (χ2v) is 6.72. The maximum atomic E-state index is 9.52. The van der Waals surface area contributed by atoms with E-state index in [9.17, 15) is 5.11 Å². The van der Waals surface area contributed by atoms with Gasteiger partial charge in [0.25, 0.3) is 0 Å². The summed E-state index contributed by atoms with van der Waals surface area (Å²) in [7, 11) is 0. The molecule has 0 saturated heterocycles. The minimum Gasteiger partial charge on any atom is -0.508 e. The Balaban J connectivity index is 1.73. The van der Waals surface area contributed by atoms with Crippen molar-refractivity contribution in [1.82, 2.24) is 0 Å². The second-order valence-electron chi connectivity index (χ2n) is 6.72. The van der Waals surface area contributed by atoms with Gasteiger partial charge in [0.05, 0.1) is 0 Å². The first-order valence-electron chi connectivity index (χ1n) is 8.64. The normalized spacial score (nSPS) is 20.9. The Morgan fingerprint density at radius 1 is 1.10 bits per heavy atom. The zero-order valence-corrected chi connectivity index (χ0v) is 13.7. The summed E-state index contributed by atoms with van der Waals surface area (Å²) >= 11 is 0. The Morgan fingerprint density at radius 3 is 2.57 bits per heavy atom. The lowest BCUT2D eigenvalue weighted by Crippen LogP contribution is -2.36. The summed E-state index contributed by atoms with van der Waals surface area (Å²) in [5.74, 6) is 1.30. The van der Waals surface area contributed by atoms with Crippen molar-refractivity contribution in [2.75, 3.05) is 0 Å². The predicted octanol–water partition coefficient (Wildman–Crippen LogP) is 5.62. The predicted molar refractivity (Wildman–Crippen MR) is 88.1 cm³/mol. The van der Waals surface area contributed by atoms with Crippen molar-refractivity contribution >= 4 is 0 Å². The molecule has 2 heteroatoms. The number of hydrogen-bond donors (Lipinski definition) is 1. The standard InChI is InChI=1S/C19H30O2/c1-3-4-5-6-7-8-9-13-19(2)14-12-16-15-17(20)10-11-18(16)21-19/h10-11,15,20H,3-9,12-14H2,1-2H3. The van der Waals surface area contributed by atoms with E-state index in [4.69, 9.17) is 4.74 Å². The van der Waals surface area contributed by atoms with Crippen LogP contribution in [0.5, 0.6) is 11.5 Å². The van der Waals surface area contributed by atoms with Crippen molar-refractivity contribution in [1.29, 1.82) is 0 Å². The number of benzene rings is 1. The highest BCUT2D eigenvalue weighted by Crippen LogP contribution is 2.37. The van der Waals surface area contributed by atoms with Crippen LogP contribution in [0.2, 0.25) is 0 Å². The number of phenolic OH excluding ortho intramolecular Hbond substituents is 1. The van der Waals surface area contributed by atoms with Gasteiger partial charge in [0.1, 0.15) is 17.1 Å². The molecule has 1 aliphatic rings. The van der Waals surface area contributed by atoms with Gasteiger partial charge in [0.2, 0.25) is 0 Å². The molecule has 2 rings (SSSR count). The van der Waals surface area contributed by atoms with Crippen LogP contribution in [0.4, 0.5) is 0 Å². The van der Waals surface area contributed by atoms with Gasteiger partial charge in [0, 0.05) is 0 Å². The molecule has 1 aliphatic heterocycles. The fraction of sp³-hybridized carbons (Fsp3) is 0.684. The van der Waals surface area contributed by atoms with Gasteiger partial charge in [0.15, 0.2) is 0 Å². The number of aromatic hydroxyl groups is 1. The average Bonchev–Trinajstić information content (AvgIpc) is 2.47. The first-order valence-corrected chi connectivity index (χ1v) is 8.64. The summed E-state index contributed by atoms with van der Waals surface area (Å²) in [5.41, 5.74) is 1.12. The maximum absolute atomic E-state index is 9.52. The van der Waals surface area contributed by atoms with E-state index in [0.29, 0.717) is 5.75 Å². The van der Waals surface area contributed by atoms with E-state index < -0.39 is 0 Å². The lowest BCUT2D eigenvalue weighted by Gasteiger charge is -2.36. The third kappa shape index (κ3) is 4.94. The van der Waals surface area contributed by atoms with Crippen molar-refractivity contribution in [2.45, 2.75) is 83.7 Å². The first-order chi connectivity index (χ1) is 10.1. The Kier molecular flexibility index (Phi) is 5.96. The van der Waals surface area contributed by atoms with Crippen LogP contribution < -0.4 is 4.74 Å². The van der Waals surface area contributed by atoms with Gasteiger partial charge in [-0.25, -0.2) is 0 Å². The Labute approximate surface area is 129 Å². The molecular formula is C19H30O2. The average molecular weight is 290 g/mol. The Morgan fingerprint density at radius 2 is 1.81 bits per heavy atom. The smallest absolute Gasteiger partial charge is 0.123 e. The molecule has 2 nitrogen and oxygen atoms in total. The molecule has 0 spiro atoms. The van der Waals surface area contributed by atoms with Crippen LogP contribution in [-0.4, -0.2) is 10.7 Å². The van der Waals surface area contributed by atoms with E-state index in [1.807, 2.05) is 12.1 Å². The molecular weight excluding hydrogens is 260 g/mol. The lowest BCUT2D eigenvalue weighted by atomic mass is 9.88. The Bertz CT molecular complexity index is 441. The number of aryl methyl sites for hydroxylation is 1. The molecule has 0 amide bonds. The molecule has 0 radical (unpaired) electrons. The van der Waals surface area contributed by atoms with Gasteiger partial charge in [-0.1, -0.05) is 45.4 Å². The number of hydrogen-bond acceptors (Lipinski definition) is 2. The number of fused-ring (bicyclic) bond motifs is 1. The molecule has 1 atom stereocenters. The number of ether oxygens (including phenoxy) is 1. The summed E-state index contributed by atoms with van der Waals surface area (Å²) in [4.78, 5) is 0. The quantitative estimate of drug-likeness (QED) is 0.630. The molecule has 1 aromatic carbocycles. The molecule has 21 heavy (non-hydrogen) atoms. The van der Waals surface area contributed by atoms with Crippen LogP contribution in [0.3, 0.4) is 0 Å². The minimum atomic E-state index is -0.0204. The molecule has 1 heterocycles. The van der Waals surface area contributed by atoms with Crippen LogP contribution in [0.25, 0.3) is 0 Å². The molecule has 1 unspecified atom stereocenters. The molecule has 0 bridgehead atoms. The first kappa shape index (κ1) is 16.2. The summed E-state index contributed by atoms with van der Waals surface area (Å²) in [6.07, 6.45) is 12.6. The minimum absolute atomic E-state index is 0.0204. The topological polar surface area (TPSA) is 29.5 Å². The van der Waals surface area contributed by atoms with Crippen molar-refractivity contribution < 1.29 is 9.84 Å². The highest BCUT2D eigenvalue weighted by molar-refractivity contribution is 5.41. The molecule has 0 aromatic heterocycles. The summed E-state index contributed by atoms with van der Waals surface area (Å²) < 4.78 is 6.21. The van der Waals surface area contributed by atoms with E-state index >= 15 is 0 Å². The van der Waals surface area contributed by atoms with E-state index in [-0.39, 0.29) is 5.60 Å². The second kappa shape index (κ2) is 7.72. The van der Waals surface area contributed by atoms with Gasteiger partial charge in [-0.2, -0.15) is 0 Å². The largest absolute Gasteiger partial charge is 0.508 e. The molecule has 0 saturated carbocycles. The van der Waals surface area contributed by atoms with Crippen molar-refractivity contribution in [3.05, 3.63) is 23.8 Å². The Hall–Kier alpha value is -1.18. The van der Waals surface area contributed by atoms with Gasteiger partial charge in [-0.05, 0) is 56.4 Å². The zero-order chi connectivity index (χ0) is 15.1. The molecule has 1 aromatic rings. The third-order valence-corrected chi connectivity index (χ3v) is 4.63. The SMILES string of the molecule is CCCCCCCCCC1(C)CCc2cc(O)ccc2O1. The van der Waals surface area contributed by atoms with Crippen LogP contribution in [0.1, 0.15) is 77.2 Å². The molecule has 0 aliphatic carbocycles. The fourth-order valence-electron chi connectivity index (χ4n) is 3.21. The van der Waals surface area contributed by atoms with Crippen molar-refractivity contribution in [3.8, 4) is 11.5 Å². The number of rotatable bonds is 8. The summed E-state index contributed by atoms with van der Waals surface area (Å²) in [6.45, 7) is 4.50. The van der Waals surface area contributed by atoms with Gasteiger partial charge >= 0.3 is 0 Å². The molecule has 0 fully saturated rings. The fourth-order valence-corrected chi connectivity index (χ4v) is 3.21. The van der Waals surface area contributed by atoms with Gasteiger partial charge in [-0.15, -0.1) is 0 Å². The van der Waals surface area contributed by atoms with E-state index in [1.54, 1.807) is 6.07 Å². The lowest BCUT2D eigenvalue weighted by molar-refractivity contribution is 0.0533. The number of unbranched alkanes of at least 4 members (excludes halogenated alkanes) is 6. The number of phenols is 1. The summed E-state index contributed by atoms with van der Waals surface area (Å²) in [5, 5.41) is 9.52. The molecule has 1 N–H and O–H groups in total. The van der Waals surface area contributed by atoms with Crippen LogP contribution in [0.15, 0.2) is 18.2 Å². The van der Waals surface area contributed by atoms with Crippen molar-refractivity contribution in [2.24, 2.45) is 0 Å². The molecule has 118 valence electrons. The van der Waals surface area contributed by atoms with Gasteiger partial charge in [-0.3, -0.25) is 0 Å². The zero-order valence-electron chi connectivity index (χ0n) is 13.7. The van der Waals surface area contributed by atoms with Crippen LogP contribution in [0, 0.1) is 0 Å². The summed E-state index contributed by atoms with van der Waals surface area (Å²) in [6, 6.07) is 5.47. The highest BCUT2D eigenvalue weighted by atomic mass is 16.5. The van der Waals surface area contributed by atoms with E-state index in [1.165, 1.54) is 44.9 Å². The van der Waals surface area contributed by atoms with Crippen LogP contribution in [-0.2, 0) is 6.42 Å². The maximum Gasteiger partial charge on any atom is 0.123 e.